The molecule has 6 heteroatoms. The summed E-state index contributed by atoms with van der Waals surface area (Å²) < 4.78 is 3.97. The second-order valence-electron chi connectivity index (χ2n) is 7.53. The first kappa shape index (κ1) is 17.6. The third kappa shape index (κ3) is 3.16. The van der Waals surface area contributed by atoms with Crippen molar-refractivity contribution in [3.05, 3.63) is 46.5 Å². The molecule has 0 unspecified atom stereocenters. The minimum absolute atomic E-state index is 0.120. The molecular weight excluding hydrogens is 344 g/mol. The smallest absolute Gasteiger partial charge is 0.267 e. The molecule has 0 aliphatic carbocycles. The molecule has 3 atom stereocenters. The van der Waals surface area contributed by atoms with Crippen LogP contribution in [0.4, 0.5) is 0 Å². The quantitative estimate of drug-likeness (QED) is 0.814. The normalized spacial score (nSPS) is 27.0. The number of piperidine rings is 1. The predicted molar refractivity (Wildman–Crippen MR) is 104 cm³/mol. The molecule has 138 valence electrons. The van der Waals surface area contributed by atoms with E-state index < -0.39 is 0 Å². The van der Waals surface area contributed by atoms with Crippen molar-refractivity contribution >= 4 is 17.4 Å². The molecule has 4 rings (SSSR count). The fourth-order valence-corrected chi connectivity index (χ4v) is 5.35. The summed E-state index contributed by atoms with van der Waals surface area (Å²) in [5.74, 6) is 0.600. The van der Waals surface area contributed by atoms with E-state index in [1.165, 1.54) is 29.9 Å². The van der Waals surface area contributed by atoms with E-state index in [1.54, 1.807) is 0 Å². The van der Waals surface area contributed by atoms with Gasteiger partial charge in [-0.05, 0) is 56.9 Å². The van der Waals surface area contributed by atoms with Gasteiger partial charge in [0, 0.05) is 24.5 Å². The van der Waals surface area contributed by atoms with Crippen molar-refractivity contribution in [2.24, 2.45) is 0 Å². The fraction of sp³-hybridized carbons (Fsp3) is 0.550. The summed E-state index contributed by atoms with van der Waals surface area (Å²) in [5, 5.41) is 4.04. The van der Waals surface area contributed by atoms with E-state index in [0.29, 0.717) is 16.8 Å². The van der Waals surface area contributed by atoms with Gasteiger partial charge >= 0.3 is 0 Å². The van der Waals surface area contributed by atoms with Crippen molar-refractivity contribution in [3.63, 3.8) is 0 Å². The maximum Gasteiger partial charge on any atom is 0.267 e. The van der Waals surface area contributed by atoms with Gasteiger partial charge in [0.25, 0.3) is 5.91 Å². The molecule has 0 N–H and O–H groups in total. The number of carbonyl (C=O) groups excluding carboxylic acids is 1. The van der Waals surface area contributed by atoms with E-state index in [0.717, 1.165) is 31.6 Å². The molecule has 1 aromatic carbocycles. The van der Waals surface area contributed by atoms with Crippen LogP contribution in [-0.4, -0.2) is 57.5 Å². The van der Waals surface area contributed by atoms with Gasteiger partial charge in [-0.2, -0.15) is 0 Å². The van der Waals surface area contributed by atoms with Crippen molar-refractivity contribution in [1.82, 2.24) is 19.4 Å². The van der Waals surface area contributed by atoms with Crippen LogP contribution >= 0.6 is 11.5 Å². The van der Waals surface area contributed by atoms with Crippen LogP contribution in [-0.2, 0) is 0 Å². The zero-order valence-electron chi connectivity index (χ0n) is 15.5. The van der Waals surface area contributed by atoms with Crippen molar-refractivity contribution in [1.29, 1.82) is 0 Å². The minimum atomic E-state index is 0.120. The van der Waals surface area contributed by atoms with Crippen molar-refractivity contribution in [2.75, 3.05) is 20.1 Å². The zero-order chi connectivity index (χ0) is 18.1. The number of fused-ring (bicyclic) bond motifs is 1. The fourth-order valence-electron chi connectivity index (χ4n) is 4.73. The zero-order valence-corrected chi connectivity index (χ0v) is 16.3. The lowest BCUT2D eigenvalue weighted by atomic mass is 9.79. The van der Waals surface area contributed by atoms with Crippen LogP contribution in [0, 0.1) is 6.92 Å². The van der Waals surface area contributed by atoms with E-state index in [4.69, 9.17) is 0 Å². The van der Waals surface area contributed by atoms with E-state index >= 15 is 0 Å². The lowest BCUT2D eigenvalue weighted by Gasteiger charge is -2.48. The van der Waals surface area contributed by atoms with E-state index in [2.05, 4.69) is 56.8 Å². The Morgan fingerprint density at radius 3 is 2.69 bits per heavy atom. The van der Waals surface area contributed by atoms with E-state index in [-0.39, 0.29) is 11.9 Å². The van der Waals surface area contributed by atoms with Crippen molar-refractivity contribution in [3.8, 4) is 0 Å². The highest BCUT2D eigenvalue weighted by molar-refractivity contribution is 7.07. The van der Waals surface area contributed by atoms with Gasteiger partial charge < -0.3 is 9.80 Å². The maximum absolute atomic E-state index is 13.2. The van der Waals surface area contributed by atoms with Crippen LogP contribution in [0.5, 0.6) is 0 Å². The first-order chi connectivity index (χ1) is 12.7. The number of aryl methyl sites for hydroxylation is 1. The number of rotatable bonds is 2. The minimum Gasteiger partial charge on any atom is -0.333 e. The lowest BCUT2D eigenvalue weighted by molar-refractivity contribution is 0.0321. The van der Waals surface area contributed by atoms with Crippen LogP contribution < -0.4 is 0 Å². The number of likely N-dealkylation sites (tertiary alicyclic amines) is 2. The molecule has 2 aliphatic rings. The number of likely N-dealkylation sites (N-methyl/N-ethyl adjacent to an activating group) is 1. The molecule has 2 aliphatic heterocycles. The van der Waals surface area contributed by atoms with Gasteiger partial charge in [0.05, 0.1) is 5.69 Å². The highest BCUT2D eigenvalue weighted by atomic mass is 32.1. The molecule has 0 spiro atoms. The van der Waals surface area contributed by atoms with Gasteiger partial charge in [-0.3, -0.25) is 4.79 Å². The monoisotopic (exact) mass is 370 g/mol. The molecule has 5 nitrogen and oxygen atoms in total. The number of hydrogen-bond donors (Lipinski definition) is 0. The summed E-state index contributed by atoms with van der Waals surface area (Å²) in [6.07, 6.45) is 4.47. The number of amides is 1. The Labute approximate surface area is 159 Å². The Morgan fingerprint density at radius 1 is 1.15 bits per heavy atom. The summed E-state index contributed by atoms with van der Waals surface area (Å²) in [6, 6.07) is 11.5. The van der Waals surface area contributed by atoms with Gasteiger partial charge in [-0.25, -0.2) is 0 Å². The Bertz CT molecular complexity index is 762. The molecule has 0 bridgehead atoms. The standard InChI is InChI=1S/C20H26N4OS/c1-14-19(26-22-21-14)20(25)24-13-11-16(15-8-4-3-5-9-15)18-17(24)10-6-7-12-23(18)2/h3-5,8-9,16-18H,6-7,10-13H2,1-2H3/t16-,17-,18-/m1/s1. The third-order valence-corrected chi connectivity index (χ3v) is 6.81. The topological polar surface area (TPSA) is 49.3 Å². The molecule has 2 aromatic rings. The summed E-state index contributed by atoms with van der Waals surface area (Å²) in [7, 11) is 2.23. The molecule has 26 heavy (non-hydrogen) atoms. The number of aromatic nitrogens is 2. The molecule has 2 fully saturated rings. The Kier molecular flexibility index (Phi) is 5.05. The molecule has 0 saturated carbocycles. The van der Waals surface area contributed by atoms with Crippen molar-refractivity contribution < 1.29 is 4.79 Å². The van der Waals surface area contributed by atoms with Crippen LogP contribution in [0.3, 0.4) is 0 Å². The highest BCUT2D eigenvalue weighted by Crippen LogP contribution is 2.39. The number of hydrogen-bond acceptors (Lipinski definition) is 5. The Morgan fingerprint density at radius 2 is 1.96 bits per heavy atom. The highest BCUT2D eigenvalue weighted by Gasteiger charge is 2.43. The second-order valence-corrected chi connectivity index (χ2v) is 8.28. The second kappa shape index (κ2) is 7.45. The number of benzene rings is 1. The lowest BCUT2D eigenvalue weighted by Crippen LogP contribution is -2.58. The average molecular weight is 371 g/mol. The van der Waals surface area contributed by atoms with Crippen LogP contribution in [0.25, 0.3) is 0 Å². The van der Waals surface area contributed by atoms with Crippen molar-refractivity contribution in [2.45, 2.75) is 50.6 Å². The average Bonchev–Trinajstić information content (AvgIpc) is 3.00. The Balaban J connectivity index is 1.68. The molecule has 1 amide bonds. The van der Waals surface area contributed by atoms with Gasteiger partial charge in [0.15, 0.2) is 0 Å². The molecular formula is C20H26N4OS. The Hall–Kier alpha value is -1.79. The summed E-state index contributed by atoms with van der Waals surface area (Å²) in [6.45, 7) is 3.79. The van der Waals surface area contributed by atoms with Gasteiger partial charge in [-0.15, -0.1) is 5.10 Å². The molecule has 2 saturated heterocycles. The first-order valence-electron chi connectivity index (χ1n) is 9.52. The SMILES string of the molecule is Cc1nnsc1C(=O)N1CC[C@H](c2ccccc2)[C@@H]2[C@H]1CCCCN2C. The summed E-state index contributed by atoms with van der Waals surface area (Å²) in [5.41, 5.74) is 2.16. The molecule has 0 radical (unpaired) electrons. The van der Waals surface area contributed by atoms with E-state index in [9.17, 15) is 4.79 Å². The van der Waals surface area contributed by atoms with Crippen LogP contribution in [0.2, 0.25) is 0 Å². The van der Waals surface area contributed by atoms with Gasteiger partial charge in [0.1, 0.15) is 4.88 Å². The number of nitrogens with zero attached hydrogens (tertiary/aromatic N) is 4. The molecule has 1 aromatic heterocycles. The third-order valence-electron chi connectivity index (χ3n) is 5.99. The van der Waals surface area contributed by atoms with Crippen LogP contribution in [0.1, 0.15) is 52.5 Å². The maximum atomic E-state index is 13.2. The summed E-state index contributed by atoms with van der Waals surface area (Å²) in [4.78, 5) is 18.6. The van der Waals surface area contributed by atoms with Crippen LogP contribution in [0.15, 0.2) is 30.3 Å². The predicted octanol–water partition coefficient (Wildman–Crippen LogP) is 3.33. The summed E-state index contributed by atoms with van der Waals surface area (Å²) >= 11 is 1.23. The van der Waals surface area contributed by atoms with E-state index in [1.807, 2.05) is 6.92 Å². The van der Waals surface area contributed by atoms with Gasteiger partial charge in [0.2, 0.25) is 0 Å². The molecule has 3 heterocycles. The number of carbonyl (C=O) groups is 1. The largest absolute Gasteiger partial charge is 0.333 e. The van der Waals surface area contributed by atoms with Gasteiger partial charge in [-0.1, -0.05) is 41.2 Å². The first-order valence-corrected chi connectivity index (χ1v) is 10.3.